The molecule has 0 atom stereocenters. The van der Waals surface area contributed by atoms with Crippen LogP contribution in [0.1, 0.15) is 20.8 Å². The number of benzene rings is 1. The fourth-order valence-electron chi connectivity index (χ4n) is 2.11. The number of halogens is 1. The van der Waals surface area contributed by atoms with Crippen LogP contribution in [0.15, 0.2) is 54.1 Å². The molecule has 0 saturated heterocycles. The number of anilines is 4. The van der Waals surface area contributed by atoms with Gasteiger partial charge >= 0.3 is 0 Å². The Morgan fingerprint density at radius 2 is 2.21 bits per heavy atom. The molecule has 7 nitrogen and oxygen atoms in total. The molecule has 0 spiro atoms. The second-order valence-corrected chi connectivity index (χ2v) is 6.76. The molecule has 2 aromatic rings. The summed E-state index contributed by atoms with van der Waals surface area (Å²) in [5, 5.41) is 15.6. The molecule has 0 unspecified atom stereocenters. The number of hydrogen-bond acceptors (Lipinski definition) is 7. The van der Waals surface area contributed by atoms with Crippen molar-refractivity contribution in [3.05, 3.63) is 59.9 Å². The predicted octanol–water partition coefficient (Wildman–Crippen LogP) is 3.56. The summed E-state index contributed by atoms with van der Waals surface area (Å²) in [6, 6.07) is 6.87. The number of nitrogens with one attached hydrogen (secondary N) is 2. The van der Waals surface area contributed by atoms with E-state index < -0.39 is 11.4 Å². The summed E-state index contributed by atoms with van der Waals surface area (Å²) in [6.07, 6.45) is 9.79. The van der Waals surface area contributed by atoms with E-state index in [2.05, 4.69) is 26.5 Å². The maximum Gasteiger partial charge on any atom is 0.229 e. The molecule has 5 N–H and O–H groups in total. The molecule has 0 aliphatic carbocycles. The lowest BCUT2D eigenvalue weighted by molar-refractivity contribution is 0.00653. The van der Waals surface area contributed by atoms with Gasteiger partial charge in [0.25, 0.3) is 0 Å². The second-order valence-electron chi connectivity index (χ2n) is 6.76. The van der Waals surface area contributed by atoms with Crippen LogP contribution in [0.25, 0.3) is 0 Å². The first-order valence-electron chi connectivity index (χ1n) is 8.82. The van der Waals surface area contributed by atoms with Crippen LogP contribution >= 0.6 is 0 Å². The highest BCUT2D eigenvalue weighted by molar-refractivity contribution is 5.62. The van der Waals surface area contributed by atoms with Gasteiger partial charge in [-0.1, -0.05) is 12.1 Å². The first-order chi connectivity index (χ1) is 13.7. The maximum absolute atomic E-state index is 14.1. The third kappa shape index (κ3) is 7.16. The number of nitrogens with zero attached hydrogens (tertiary/aromatic N) is 2. The smallest absolute Gasteiger partial charge is 0.229 e. The molecule has 0 saturated carbocycles. The van der Waals surface area contributed by atoms with Gasteiger partial charge in [0.1, 0.15) is 6.61 Å². The summed E-state index contributed by atoms with van der Waals surface area (Å²) in [5.41, 5.74) is 6.38. The number of hydrogen-bond donors (Lipinski definition) is 4. The van der Waals surface area contributed by atoms with E-state index in [0.717, 1.165) is 6.20 Å². The number of nitrogens with two attached hydrogens (primary N) is 1. The lowest BCUT2D eigenvalue weighted by Gasteiger charge is -2.17. The largest absolute Gasteiger partial charge is 0.482 e. The Bertz CT molecular complexity index is 958. The van der Waals surface area contributed by atoms with E-state index in [1.165, 1.54) is 0 Å². The van der Waals surface area contributed by atoms with Gasteiger partial charge in [-0.25, -0.2) is 9.37 Å². The van der Waals surface area contributed by atoms with E-state index in [1.807, 2.05) is 0 Å². The average Bonchev–Trinajstić information content (AvgIpc) is 2.66. The van der Waals surface area contributed by atoms with Crippen molar-refractivity contribution in [1.82, 2.24) is 9.97 Å². The minimum Gasteiger partial charge on any atom is -0.482 e. The normalized spacial score (nSPS) is 12.3. The molecule has 1 heterocycles. The fraction of sp³-hybridized carbons (Fsp3) is 0.238. The summed E-state index contributed by atoms with van der Waals surface area (Å²) in [5.74, 6) is 2.15. The average molecular weight is 397 g/mol. The first-order valence-corrected chi connectivity index (χ1v) is 8.82. The molecule has 0 aliphatic rings. The lowest BCUT2D eigenvalue weighted by Crippen LogP contribution is -2.25. The Balaban J connectivity index is 2.17. The summed E-state index contributed by atoms with van der Waals surface area (Å²) in [7, 11) is 0. The number of rotatable bonds is 8. The monoisotopic (exact) mass is 397 g/mol. The van der Waals surface area contributed by atoms with Gasteiger partial charge in [0.05, 0.1) is 11.8 Å². The molecule has 2 rings (SSSR count). The third-order valence-electron chi connectivity index (χ3n) is 3.47. The Morgan fingerprint density at radius 3 is 2.83 bits per heavy atom. The van der Waals surface area contributed by atoms with Crippen LogP contribution in [0, 0.1) is 18.2 Å². The van der Waals surface area contributed by atoms with Crippen LogP contribution in [0.5, 0.6) is 0 Å². The minimum atomic E-state index is -1.03. The number of allylic oxidation sites excluding steroid dienone is 3. The van der Waals surface area contributed by atoms with Crippen molar-refractivity contribution in [3.63, 3.8) is 0 Å². The Hall–Kier alpha value is -3.57. The molecule has 1 aromatic carbocycles. The van der Waals surface area contributed by atoms with Crippen molar-refractivity contribution in [1.29, 1.82) is 0 Å². The highest BCUT2D eigenvalue weighted by Gasteiger charge is 2.14. The predicted molar refractivity (Wildman–Crippen MR) is 113 cm³/mol. The number of aromatic nitrogens is 2. The van der Waals surface area contributed by atoms with E-state index in [4.69, 9.17) is 16.9 Å². The number of nitrogen functional groups attached to an aromatic ring is 1. The highest BCUT2D eigenvalue weighted by Crippen LogP contribution is 2.21. The van der Waals surface area contributed by atoms with E-state index in [-0.39, 0.29) is 24.1 Å². The third-order valence-corrected chi connectivity index (χ3v) is 3.47. The summed E-state index contributed by atoms with van der Waals surface area (Å²) < 4.78 is 19.5. The Kier molecular flexibility index (Phi) is 7.17. The van der Waals surface area contributed by atoms with Gasteiger partial charge in [0.15, 0.2) is 17.4 Å². The van der Waals surface area contributed by atoms with Gasteiger partial charge in [-0.2, -0.15) is 4.98 Å². The molecule has 0 bridgehead atoms. The molecule has 0 amide bonds. The molecule has 8 heteroatoms. The van der Waals surface area contributed by atoms with E-state index in [1.54, 1.807) is 57.2 Å². The molecular formula is C21H24FN5O2. The van der Waals surface area contributed by atoms with E-state index in [9.17, 15) is 9.50 Å². The highest BCUT2D eigenvalue weighted by atomic mass is 19.1. The number of terminal acetylenes is 1. The van der Waals surface area contributed by atoms with Gasteiger partial charge in [-0.15, -0.1) is 6.42 Å². The Labute approximate surface area is 169 Å². The zero-order valence-electron chi connectivity index (χ0n) is 16.5. The fourth-order valence-corrected chi connectivity index (χ4v) is 2.11. The van der Waals surface area contributed by atoms with E-state index >= 15 is 0 Å². The van der Waals surface area contributed by atoms with Crippen LogP contribution in [-0.2, 0) is 4.74 Å². The van der Waals surface area contributed by atoms with Gasteiger partial charge in [-0.3, -0.25) is 0 Å². The van der Waals surface area contributed by atoms with Crippen LogP contribution in [-0.4, -0.2) is 27.3 Å². The lowest BCUT2D eigenvalue weighted by atomic mass is 10.2. The summed E-state index contributed by atoms with van der Waals surface area (Å²) in [4.78, 5) is 8.09. The SMILES string of the molecule is C#C/C(=C\C(=C/C)Nc1ncc(F)c(Nc2cccc(N)c2)n1)OCC(C)(C)O. The van der Waals surface area contributed by atoms with Gasteiger partial charge in [0, 0.05) is 23.1 Å². The van der Waals surface area contributed by atoms with Crippen LogP contribution < -0.4 is 16.4 Å². The molecule has 29 heavy (non-hydrogen) atoms. The van der Waals surface area contributed by atoms with Crippen molar-refractivity contribution < 1.29 is 14.2 Å². The molecule has 0 radical (unpaired) electrons. The quantitative estimate of drug-likeness (QED) is 0.234. The molecule has 0 fully saturated rings. The summed E-state index contributed by atoms with van der Waals surface area (Å²) >= 11 is 0. The number of ether oxygens (including phenoxy) is 1. The van der Waals surface area contributed by atoms with Crippen LogP contribution in [0.3, 0.4) is 0 Å². The zero-order valence-corrected chi connectivity index (χ0v) is 16.5. The van der Waals surface area contributed by atoms with Crippen molar-refractivity contribution in [3.8, 4) is 12.3 Å². The molecule has 1 aromatic heterocycles. The van der Waals surface area contributed by atoms with Crippen molar-refractivity contribution >= 4 is 23.1 Å². The van der Waals surface area contributed by atoms with Gasteiger partial charge in [0.2, 0.25) is 5.95 Å². The molecule has 152 valence electrons. The zero-order chi connectivity index (χ0) is 21.4. The van der Waals surface area contributed by atoms with Crippen LogP contribution in [0.2, 0.25) is 0 Å². The standard InChI is InChI=1S/C21H24FN5O2/c1-5-15(11-17(6-2)29-13-21(3,4)28)26-20-24-12-18(22)19(27-20)25-16-9-7-8-14(23)10-16/h2,5,7-12,28H,13,23H2,1,3-4H3,(H2,24,25,26,27)/b15-5+,17-11+. The molecule has 0 aliphatic heterocycles. The van der Waals surface area contributed by atoms with Crippen molar-refractivity contribution in [2.75, 3.05) is 23.0 Å². The molecular weight excluding hydrogens is 373 g/mol. The van der Waals surface area contributed by atoms with Gasteiger partial charge < -0.3 is 26.2 Å². The number of aliphatic hydroxyl groups is 1. The maximum atomic E-state index is 14.1. The minimum absolute atomic E-state index is 0.0111. The van der Waals surface area contributed by atoms with E-state index in [0.29, 0.717) is 17.1 Å². The second kappa shape index (κ2) is 9.57. The van der Waals surface area contributed by atoms with Crippen LogP contribution in [0.4, 0.5) is 27.5 Å². The van der Waals surface area contributed by atoms with Crippen molar-refractivity contribution in [2.45, 2.75) is 26.4 Å². The first kappa shape index (κ1) is 21.7. The Morgan fingerprint density at radius 1 is 1.45 bits per heavy atom. The van der Waals surface area contributed by atoms with Crippen molar-refractivity contribution in [2.24, 2.45) is 0 Å². The van der Waals surface area contributed by atoms with Gasteiger partial charge in [-0.05, 0) is 44.9 Å². The topological polar surface area (TPSA) is 105 Å². The summed E-state index contributed by atoms with van der Waals surface area (Å²) in [6.45, 7) is 5.02.